The Kier molecular flexibility index (Phi) is 6.84. The first-order valence-corrected chi connectivity index (χ1v) is 13.3. The van der Waals surface area contributed by atoms with Crippen LogP contribution in [-0.2, 0) is 15.1 Å². The van der Waals surface area contributed by atoms with Crippen LogP contribution < -0.4 is 5.32 Å². The molecule has 1 spiro atoms. The molecule has 3 aliphatic rings. The third-order valence-corrected chi connectivity index (χ3v) is 8.38. The van der Waals surface area contributed by atoms with Crippen molar-refractivity contribution in [1.82, 2.24) is 9.80 Å². The fraction of sp³-hybridized carbons (Fsp3) is 0.440. The average molecular weight is 538 g/mol. The van der Waals surface area contributed by atoms with Crippen LogP contribution in [0.2, 0.25) is 10.0 Å². The third kappa shape index (κ3) is 4.06. The maximum absolute atomic E-state index is 15.7. The average Bonchev–Trinajstić information content (AvgIpc) is 3.51. The van der Waals surface area contributed by atoms with E-state index in [0.29, 0.717) is 35.3 Å². The number of hydrogen-bond donors (Lipinski definition) is 2. The van der Waals surface area contributed by atoms with Crippen molar-refractivity contribution in [2.45, 2.75) is 36.8 Å². The SMILES string of the molecule is O=C(CCO)N(CP)C1CN(CC2CC2)[C@@]2(C(=O)Nc3cc(Cl)ccc32)[C@H]1c1cccc(Cl)c1F. The summed E-state index contributed by atoms with van der Waals surface area (Å²) in [4.78, 5) is 30.9. The van der Waals surface area contributed by atoms with Gasteiger partial charge in [-0.1, -0.05) is 41.4 Å². The third-order valence-electron chi connectivity index (χ3n) is 7.46. The second-order valence-electron chi connectivity index (χ2n) is 9.47. The van der Waals surface area contributed by atoms with Gasteiger partial charge in [-0.05, 0) is 42.5 Å². The topological polar surface area (TPSA) is 72.9 Å². The molecular formula is C25H27Cl2FN3O3P. The molecule has 10 heteroatoms. The summed E-state index contributed by atoms with van der Waals surface area (Å²) in [6.07, 6.45) is 2.37. The van der Waals surface area contributed by atoms with Crippen LogP contribution >= 0.6 is 32.4 Å². The van der Waals surface area contributed by atoms with Gasteiger partial charge in [0, 0.05) is 48.0 Å². The van der Waals surface area contributed by atoms with Crippen LogP contribution in [0.4, 0.5) is 10.1 Å². The first-order chi connectivity index (χ1) is 16.8. The number of anilines is 1. The molecule has 1 saturated carbocycles. The molecule has 0 bridgehead atoms. The Morgan fingerprint density at radius 2 is 2.06 bits per heavy atom. The summed E-state index contributed by atoms with van der Waals surface area (Å²) in [5.41, 5.74) is 0.364. The predicted molar refractivity (Wildman–Crippen MR) is 137 cm³/mol. The summed E-state index contributed by atoms with van der Waals surface area (Å²) in [5.74, 6) is -1.40. The van der Waals surface area contributed by atoms with Crippen LogP contribution in [0.25, 0.3) is 0 Å². The standard InChI is InChI=1S/C25H27Cl2FN3O3P/c26-15-6-7-17-19(10-15)29-24(34)25(17)22(16-2-1-3-18(27)23(16)28)20(12-30(25)11-14-4-5-14)31(13-35)21(33)8-9-32/h1-3,6-7,10,14,20,22,32H,4-5,8-9,11-13,35H2,(H,29,34)/t20?,22-,25+/m0/s1. The fourth-order valence-electron chi connectivity index (χ4n) is 5.83. The van der Waals surface area contributed by atoms with Gasteiger partial charge in [-0.3, -0.25) is 14.5 Å². The summed E-state index contributed by atoms with van der Waals surface area (Å²) in [7, 11) is 2.56. The molecule has 0 radical (unpaired) electrons. The first-order valence-electron chi connectivity index (χ1n) is 11.7. The van der Waals surface area contributed by atoms with Gasteiger partial charge >= 0.3 is 0 Å². The van der Waals surface area contributed by atoms with E-state index in [4.69, 9.17) is 23.2 Å². The van der Waals surface area contributed by atoms with E-state index in [9.17, 15) is 14.7 Å². The lowest BCUT2D eigenvalue weighted by Gasteiger charge is -2.39. The van der Waals surface area contributed by atoms with E-state index in [2.05, 4.69) is 19.5 Å². The van der Waals surface area contributed by atoms with Gasteiger partial charge in [0.25, 0.3) is 0 Å². The Bertz CT molecular complexity index is 1180. The van der Waals surface area contributed by atoms with Crippen molar-refractivity contribution in [3.8, 4) is 0 Å². The van der Waals surface area contributed by atoms with Gasteiger partial charge in [0.2, 0.25) is 11.8 Å². The number of likely N-dealkylation sites (tertiary alicyclic amines) is 1. The molecule has 6 nitrogen and oxygen atoms in total. The molecule has 2 amide bonds. The van der Waals surface area contributed by atoms with E-state index in [1.165, 1.54) is 6.07 Å². The summed E-state index contributed by atoms with van der Waals surface area (Å²) in [6, 6.07) is 9.55. The first kappa shape index (κ1) is 24.9. The van der Waals surface area contributed by atoms with Crippen LogP contribution in [0.3, 0.4) is 0 Å². The van der Waals surface area contributed by atoms with Crippen molar-refractivity contribution in [3.05, 3.63) is 63.4 Å². The number of carbonyl (C=O) groups excluding carboxylic acids is 2. The number of halogens is 3. The zero-order valence-corrected chi connectivity index (χ0v) is 21.7. The lowest BCUT2D eigenvalue weighted by Crippen LogP contribution is -2.51. The Labute approximate surface area is 216 Å². The van der Waals surface area contributed by atoms with Gasteiger partial charge < -0.3 is 15.3 Å². The van der Waals surface area contributed by atoms with Crippen molar-refractivity contribution in [2.24, 2.45) is 5.92 Å². The monoisotopic (exact) mass is 537 g/mol. The van der Waals surface area contributed by atoms with Gasteiger partial charge in [0.1, 0.15) is 11.4 Å². The molecular weight excluding hydrogens is 511 g/mol. The van der Waals surface area contributed by atoms with Crippen LogP contribution in [0.5, 0.6) is 0 Å². The van der Waals surface area contributed by atoms with Gasteiger partial charge in [-0.2, -0.15) is 0 Å². The minimum atomic E-state index is -1.24. The molecule has 2 fully saturated rings. The van der Waals surface area contributed by atoms with Crippen molar-refractivity contribution in [3.63, 3.8) is 0 Å². The largest absolute Gasteiger partial charge is 0.396 e. The number of fused-ring (bicyclic) bond motifs is 2. The van der Waals surface area contributed by atoms with Crippen LogP contribution in [-0.4, -0.2) is 58.7 Å². The molecule has 4 atom stereocenters. The van der Waals surface area contributed by atoms with Crippen LogP contribution in [0.1, 0.15) is 36.3 Å². The van der Waals surface area contributed by atoms with E-state index in [-0.39, 0.29) is 36.2 Å². The van der Waals surface area contributed by atoms with E-state index < -0.39 is 23.3 Å². The molecule has 2 heterocycles. The molecule has 2 aliphatic heterocycles. The van der Waals surface area contributed by atoms with Crippen LogP contribution in [0.15, 0.2) is 36.4 Å². The Morgan fingerprint density at radius 3 is 2.74 bits per heavy atom. The highest BCUT2D eigenvalue weighted by molar-refractivity contribution is 7.16. The van der Waals surface area contributed by atoms with Crippen molar-refractivity contribution in [1.29, 1.82) is 0 Å². The fourth-order valence-corrected chi connectivity index (χ4v) is 6.66. The van der Waals surface area contributed by atoms with Crippen molar-refractivity contribution in [2.75, 3.05) is 31.3 Å². The van der Waals surface area contributed by atoms with E-state index in [0.717, 1.165) is 18.4 Å². The minimum absolute atomic E-state index is 0.0362. The normalized spacial score (nSPS) is 25.7. The van der Waals surface area contributed by atoms with E-state index >= 15 is 4.39 Å². The number of nitrogens with zero attached hydrogens (tertiary/aromatic N) is 2. The number of carbonyl (C=O) groups is 2. The molecule has 5 rings (SSSR count). The summed E-state index contributed by atoms with van der Waals surface area (Å²) in [6.45, 7) is 0.749. The Morgan fingerprint density at radius 1 is 1.29 bits per heavy atom. The number of rotatable bonds is 7. The lowest BCUT2D eigenvalue weighted by atomic mass is 9.73. The molecule has 2 N–H and O–H groups in total. The highest BCUT2D eigenvalue weighted by Gasteiger charge is 2.65. The number of benzene rings is 2. The van der Waals surface area contributed by atoms with Gasteiger partial charge in [0.05, 0.1) is 17.7 Å². The van der Waals surface area contributed by atoms with E-state index in [1.807, 2.05) is 6.07 Å². The highest BCUT2D eigenvalue weighted by atomic mass is 35.5. The Balaban J connectivity index is 1.76. The van der Waals surface area contributed by atoms with Gasteiger partial charge in [-0.15, -0.1) is 9.24 Å². The quantitative estimate of drug-likeness (QED) is 0.519. The second kappa shape index (κ2) is 9.60. The number of aliphatic hydroxyl groups excluding tert-OH is 1. The molecule has 35 heavy (non-hydrogen) atoms. The zero-order valence-electron chi connectivity index (χ0n) is 19.0. The maximum Gasteiger partial charge on any atom is 0.250 e. The second-order valence-corrected chi connectivity index (χ2v) is 10.7. The summed E-state index contributed by atoms with van der Waals surface area (Å²) < 4.78 is 15.7. The van der Waals surface area contributed by atoms with Gasteiger partial charge in [0.15, 0.2) is 0 Å². The minimum Gasteiger partial charge on any atom is -0.396 e. The number of aliphatic hydroxyl groups is 1. The smallest absolute Gasteiger partial charge is 0.250 e. The highest BCUT2D eigenvalue weighted by Crippen LogP contribution is 2.57. The molecule has 1 aliphatic carbocycles. The Hall–Kier alpha value is -1.76. The van der Waals surface area contributed by atoms with Crippen molar-refractivity contribution < 1.29 is 19.1 Å². The van der Waals surface area contributed by atoms with E-state index in [1.54, 1.807) is 29.2 Å². The predicted octanol–water partition coefficient (Wildman–Crippen LogP) is 4.20. The molecule has 186 valence electrons. The molecule has 2 aromatic rings. The number of hydrogen-bond acceptors (Lipinski definition) is 4. The molecule has 1 saturated heterocycles. The number of nitrogens with one attached hydrogen (secondary N) is 1. The lowest BCUT2D eigenvalue weighted by molar-refractivity contribution is -0.134. The van der Waals surface area contributed by atoms with Gasteiger partial charge in [-0.25, -0.2) is 4.39 Å². The molecule has 0 aromatic heterocycles. The molecule has 2 aromatic carbocycles. The maximum atomic E-state index is 15.7. The summed E-state index contributed by atoms with van der Waals surface area (Å²) >= 11 is 12.5. The molecule has 2 unspecified atom stereocenters. The summed E-state index contributed by atoms with van der Waals surface area (Å²) in [5, 5.41) is 12.9. The van der Waals surface area contributed by atoms with Crippen LogP contribution in [0, 0.1) is 11.7 Å². The van der Waals surface area contributed by atoms with Crippen molar-refractivity contribution >= 4 is 49.9 Å². The number of amides is 2. The zero-order chi connectivity index (χ0) is 24.9.